The summed E-state index contributed by atoms with van der Waals surface area (Å²) in [6, 6.07) is -0.412. The molecule has 2 saturated heterocycles. The Morgan fingerprint density at radius 3 is 2.52 bits per heavy atom. The van der Waals surface area contributed by atoms with E-state index in [-0.39, 0.29) is 17.2 Å². The van der Waals surface area contributed by atoms with Gasteiger partial charge in [0.2, 0.25) is 11.8 Å². The Bertz CT molecular complexity index is 424. The minimum Gasteiger partial charge on any atom is -0.381 e. The van der Waals surface area contributed by atoms with Crippen LogP contribution in [0.3, 0.4) is 0 Å². The molecule has 0 aromatic heterocycles. The van der Waals surface area contributed by atoms with E-state index in [1.54, 1.807) is 0 Å². The van der Waals surface area contributed by atoms with Crippen molar-refractivity contribution in [2.45, 2.75) is 59.0 Å². The van der Waals surface area contributed by atoms with Crippen LogP contribution in [0.1, 0.15) is 47.5 Å². The average molecular weight is 296 g/mol. The number of hydrogen-bond donors (Lipinski definition) is 1. The highest BCUT2D eigenvalue weighted by molar-refractivity contribution is 6.00. The summed E-state index contributed by atoms with van der Waals surface area (Å²) in [4.78, 5) is 27.4. The van der Waals surface area contributed by atoms with Gasteiger partial charge in [-0.15, -0.1) is 0 Å². The molecular weight excluding hydrogens is 268 g/mol. The Morgan fingerprint density at radius 1 is 1.38 bits per heavy atom. The van der Waals surface area contributed by atoms with E-state index in [1.807, 2.05) is 39.5 Å². The molecule has 1 N–H and O–H groups in total. The Kier molecular flexibility index (Phi) is 4.34. The van der Waals surface area contributed by atoms with Gasteiger partial charge in [-0.05, 0) is 25.2 Å². The molecular formula is C16H28N2O3. The number of carbonyl (C=O) groups is 2. The summed E-state index contributed by atoms with van der Waals surface area (Å²) < 4.78 is 5.42. The van der Waals surface area contributed by atoms with Crippen LogP contribution in [-0.2, 0) is 14.3 Å². The summed E-state index contributed by atoms with van der Waals surface area (Å²) >= 11 is 0. The van der Waals surface area contributed by atoms with Gasteiger partial charge >= 0.3 is 0 Å². The van der Waals surface area contributed by atoms with Crippen LogP contribution in [0, 0.1) is 11.3 Å². The summed E-state index contributed by atoms with van der Waals surface area (Å²) in [5, 5.41) is 2.94. The van der Waals surface area contributed by atoms with Gasteiger partial charge in [-0.3, -0.25) is 9.59 Å². The summed E-state index contributed by atoms with van der Waals surface area (Å²) in [6.07, 6.45) is 1.57. The summed E-state index contributed by atoms with van der Waals surface area (Å²) in [5.74, 6) is 0.340. The van der Waals surface area contributed by atoms with Crippen LogP contribution in [0.25, 0.3) is 0 Å². The molecule has 2 amide bonds. The lowest BCUT2D eigenvalue weighted by Crippen LogP contribution is -2.72. The van der Waals surface area contributed by atoms with Crippen molar-refractivity contribution in [1.82, 2.24) is 10.2 Å². The third-order valence-electron chi connectivity index (χ3n) is 4.70. The third kappa shape index (κ3) is 3.07. The first kappa shape index (κ1) is 16.3. The van der Waals surface area contributed by atoms with Gasteiger partial charge < -0.3 is 15.0 Å². The molecule has 5 nitrogen and oxygen atoms in total. The molecule has 0 aromatic rings. The van der Waals surface area contributed by atoms with Crippen LogP contribution in [0.4, 0.5) is 0 Å². The van der Waals surface area contributed by atoms with Gasteiger partial charge in [0.05, 0.1) is 6.61 Å². The van der Waals surface area contributed by atoms with Crippen LogP contribution < -0.4 is 5.32 Å². The Morgan fingerprint density at radius 2 is 2.05 bits per heavy atom. The van der Waals surface area contributed by atoms with Crippen LogP contribution in [0.5, 0.6) is 0 Å². The van der Waals surface area contributed by atoms with Gasteiger partial charge in [-0.2, -0.15) is 0 Å². The van der Waals surface area contributed by atoms with Crippen molar-refractivity contribution in [3.63, 3.8) is 0 Å². The SMILES string of the molecule is CCC1(C)NC(=O)C(C(C)(C)C)N(CC2CCOC2)C1=O. The first-order valence-corrected chi connectivity index (χ1v) is 7.90. The Labute approximate surface area is 127 Å². The fourth-order valence-electron chi connectivity index (χ4n) is 3.26. The van der Waals surface area contributed by atoms with Crippen LogP contribution in [0.2, 0.25) is 0 Å². The fourth-order valence-corrected chi connectivity index (χ4v) is 3.26. The predicted molar refractivity (Wildman–Crippen MR) is 80.7 cm³/mol. The topological polar surface area (TPSA) is 58.6 Å². The van der Waals surface area contributed by atoms with Gasteiger partial charge in [0.15, 0.2) is 0 Å². The second-order valence-corrected chi connectivity index (χ2v) is 7.63. The van der Waals surface area contributed by atoms with E-state index in [2.05, 4.69) is 5.32 Å². The second-order valence-electron chi connectivity index (χ2n) is 7.63. The number of carbonyl (C=O) groups excluding carboxylic acids is 2. The summed E-state index contributed by atoms with van der Waals surface area (Å²) in [6.45, 7) is 11.8. The van der Waals surface area contributed by atoms with E-state index in [0.717, 1.165) is 13.0 Å². The summed E-state index contributed by atoms with van der Waals surface area (Å²) in [5.41, 5.74) is -1.06. The number of nitrogens with one attached hydrogen (secondary N) is 1. The maximum absolute atomic E-state index is 12.9. The molecule has 2 aliphatic rings. The van der Waals surface area contributed by atoms with Crippen molar-refractivity contribution in [1.29, 1.82) is 0 Å². The van der Waals surface area contributed by atoms with Gasteiger partial charge in [0.25, 0.3) is 0 Å². The van der Waals surface area contributed by atoms with E-state index < -0.39 is 11.6 Å². The molecule has 2 rings (SSSR count). The second kappa shape index (κ2) is 5.59. The molecule has 2 aliphatic heterocycles. The van der Waals surface area contributed by atoms with Crippen molar-refractivity contribution in [2.75, 3.05) is 19.8 Å². The molecule has 21 heavy (non-hydrogen) atoms. The van der Waals surface area contributed by atoms with E-state index in [0.29, 0.717) is 25.5 Å². The summed E-state index contributed by atoms with van der Waals surface area (Å²) in [7, 11) is 0. The molecule has 0 aliphatic carbocycles. The zero-order valence-electron chi connectivity index (χ0n) is 13.9. The molecule has 3 unspecified atom stereocenters. The molecule has 120 valence electrons. The third-order valence-corrected chi connectivity index (χ3v) is 4.70. The van der Waals surface area contributed by atoms with Crippen molar-refractivity contribution >= 4 is 11.8 Å². The lowest BCUT2D eigenvalue weighted by atomic mass is 9.80. The highest BCUT2D eigenvalue weighted by Gasteiger charge is 2.51. The maximum atomic E-state index is 12.9. The highest BCUT2D eigenvalue weighted by Crippen LogP contribution is 2.33. The minimum absolute atomic E-state index is 0.0367. The van der Waals surface area contributed by atoms with Crippen LogP contribution in [0.15, 0.2) is 0 Å². The zero-order chi connectivity index (χ0) is 15.8. The molecule has 0 radical (unpaired) electrons. The van der Waals surface area contributed by atoms with Crippen molar-refractivity contribution < 1.29 is 14.3 Å². The monoisotopic (exact) mass is 296 g/mol. The van der Waals surface area contributed by atoms with E-state index >= 15 is 0 Å². The number of piperazine rings is 1. The number of amides is 2. The maximum Gasteiger partial charge on any atom is 0.248 e. The van der Waals surface area contributed by atoms with Crippen molar-refractivity contribution in [2.24, 2.45) is 11.3 Å². The van der Waals surface area contributed by atoms with E-state index in [9.17, 15) is 9.59 Å². The molecule has 0 bridgehead atoms. The number of hydrogen-bond acceptors (Lipinski definition) is 3. The van der Waals surface area contributed by atoms with E-state index in [1.165, 1.54) is 0 Å². The zero-order valence-corrected chi connectivity index (χ0v) is 13.9. The van der Waals surface area contributed by atoms with E-state index in [4.69, 9.17) is 4.74 Å². The smallest absolute Gasteiger partial charge is 0.248 e. The van der Waals surface area contributed by atoms with Crippen molar-refractivity contribution in [3.8, 4) is 0 Å². The largest absolute Gasteiger partial charge is 0.381 e. The first-order valence-electron chi connectivity index (χ1n) is 7.90. The predicted octanol–water partition coefficient (Wildman–Crippen LogP) is 1.56. The fraction of sp³-hybridized carbons (Fsp3) is 0.875. The number of ether oxygens (including phenoxy) is 1. The lowest BCUT2D eigenvalue weighted by Gasteiger charge is -2.49. The van der Waals surface area contributed by atoms with Crippen LogP contribution >= 0.6 is 0 Å². The molecule has 2 fully saturated rings. The molecule has 0 saturated carbocycles. The molecule has 5 heteroatoms. The number of nitrogens with zero attached hydrogens (tertiary/aromatic N) is 1. The van der Waals surface area contributed by atoms with Gasteiger partial charge in [-0.1, -0.05) is 27.7 Å². The Balaban J connectivity index is 2.30. The lowest BCUT2D eigenvalue weighted by molar-refractivity contribution is -0.159. The van der Waals surface area contributed by atoms with Gasteiger partial charge in [0, 0.05) is 19.1 Å². The quantitative estimate of drug-likeness (QED) is 0.860. The van der Waals surface area contributed by atoms with Gasteiger partial charge in [0.1, 0.15) is 11.6 Å². The standard InChI is InChI=1S/C16H28N2O3/c1-6-16(5)14(20)18(9-11-7-8-21-10-11)12(13(19)17-16)15(2,3)4/h11-12H,6-10H2,1-5H3,(H,17,19). The minimum atomic E-state index is -0.779. The van der Waals surface area contributed by atoms with Crippen molar-refractivity contribution in [3.05, 3.63) is 0 Å². The molecule has 0 spiro atoms. The van der Waals surface area contributed by atoms with Crippen LogP contribution in [-0.4, -0.2) is 48.1 Å². The molecule has 3 atom stereocenters. The number of rotatable bonds is 3. The van der Waals surface area contributed by atoms with Gasteiger partial charge in [-0.25, -0.2) is 0 Å². The molecule has 0 aromatic carbocycles. The first-order chi connectivity index (χ1) is 9.69. The highest BCUT2D eigenvalue weighted by atomic mass is 16.5. The molecule has 2 heterocycles. The average Bonchev–Trinajstić information content (AvgIpc) is 2.86. The normalized spacial score (nSPS) is 34.2. The Hall–Kier alpha value is -1.10.